The smallest absolute Gasteiger partial charge is 0.305 e. The fourth-order valence-corrected chi connectivity index (χ4v) is 1.73. The molecule has 0 bridgehead atoms. The number of rotatable bonds is 6. The number of hydrogen-bond donors (Lipinski definition) is 2. The van der Waals surface area contributed by atoms with Crippen LogP contribution in [0.4, 0.5) is 0 Å². The van der Waals surface area contributed by atoms with Crippen molar-refractivity contribution < 1.29 is 19.4 Å². The topological polar surface area (TPSA) is 75.6 Å². The van der Waals surface area contributed by atoms with Crippen LogP contribution in [0, 0.1) is 0 Å². The maximum atomic E-state index is 11.8. The van der Waals surface area contributed by atoms with Gasteiger partial charge in [-0.15, -0.1) is 0 Å². The van der Waals surface area contributed by atoms with E-state index in [9.17, 15) is 9.59 Å². The van der Waals surface area contributed by atoms with Gasteiger partial charge in [0.25, 0.3) is 5.91 Å². The fraction of sp³-hybridized carbons (Fsp3) is 0.500. The van der Waals surface area contributed by atoms with E-state index in [4.69, 9.17) is 9.84 Å². The zero-order valence-corrected chi connectivity index (χ0v) is 13.0. The van der Waals surface area contributed by atoms with E-state index in [-0.39, 0.29) is 24.3 Å². The van der Waals surface area contributed by atoms with Gasteiger partial charge in [0.1, 0.15) is 5.75 Å². The van der Waals surface area contributed by atoms with Crippen molar-refractivity contribution in [1.82, 2.24) is 5.32 Å². The summed E-state index contributed by atoms with van der Waals surface area (Å²) in [6.45, 7) is 8.06. The highest BCUT2D eigenvalue weighted by Gasteiger charge is 2.17. The molecule has 1 unspecified atom stereocenters. The molecule has 0 aliphatic heterocycles. The number of benzene rings is 1. The van der Waals surface area contributed by atoms with Crippen molar-refractivity contribution >= 4 is 11.9 Å². The van der Waals surface area contributed by atoms with Crippen LogP contribution in [-0.2, 0) is 15.0 Å². The molecule has 0 aliphatic carbocycles. The number of nitrogens with one attached hydrogen (secondary N) is 1. The number of amides is 1. The predicted octanol–water partition coefficient (Wildman–Crippen LogP) is 2.34. The van der Waals surface area contributed by atoms with Gasteiger partial charge in [-0.05, 0) is 30.0 Å². The van der Waals surface area contributed by atoms with Crippen molar-refractivity contribution in [3.8, 4) is 5.75 Å². The lowest BCUT2D eigenvalue weighted by atomic mass is 9.87. The first-order chi connectivity index (χ1) is 9.70. The Kier molecular flexibility index (Phi) is 5.76. The molecule has 1 amide bonds. The van der Waals surface area contributed by atoms with Crippen LogP contribution in [-0.4, -0.2) is 29.6 Å². The average molecular weight is 293 g/mol. The quantitative estimate of drug-likeness (QED) is 0.844. The Hall–Kier alpha value is -2.04. The zero-order chi connectivity index (χ0) is 16.0. The van der Waals surface area contributed by atoms with Gasteiger partial charge < -0.3 is 15.2 Å². The van der Waals surface area contributed by atoms with Crippen molar-refractivity contribution in [1.29, 1.82) is 0 Å². The Bertz CT molecular complexity index is 505. The lowest BCUT2D eigenvalue weighted by Gasteiger charge is -2.21. The standard InChI is InChI=1S/C16H23NO4/c1-11(15(20)17-9-8-14(18)19)21-13-7-5-6-12(10-13)16(2,3)4/h5-7,10-11H,8-9H2,1-4H3,(H,17,20)(H,18,19). The zero-order valence-electron chi connectivity index (χ0n) is 13.0. The number of carboxylic acids is 1. The third kappa shape index (κ3) is 5.85. The molecular weight excluding hydrogens is 270 g/mol. The lowest BCUT2D eigenvalue weighted by molar-refractivity contribution is -0.137. The van der Waals surface area contributed by atoms with Gasteiger partial charge in [0.2, 0.25) is 0 Å². The van der Waals surface area contributed by atoms with E-state index < -0.39 is 12.1 Å². The summed E-state index contributed by atoms with van der Waals surface area (Å²) >= 11 is 0. The number of carboxylic acid groups (broad SMARTS) is 1. The van der Waals surface area contributed by atoms with Crippen LogP contribution in [0.1, 0.15) is 39.7 Å². The summed E-state index contributed by atoms with van der Waals surface area (Å²) < 4.78 is 5.61. The molecule has 2 N–H and O–H groups in total. The number of carbonyl (C=O) groups is 2. The SMILES string of the molecule is CC(Oc1cccc(C(C)(C)C)c1)C(=O)NCCC(=O)O. The minimum absolute atomic E-state index is 0.00630. The van der Waals surface area contributed by atoms with Gasteiger partial charge in [-0.3, -0.25) is 9.59 Å². The molecule has 0 fully saturated rings. The van der Waals surface area contributed by atoms with Crippen LogP contribution >= 0.6 is 0 Å². The molecule has 1 rings (SSSR count). The third-order valence-electron chi connectivity index (χ3n) is 3.02. The third-order valence-corrected chi connectivity index (χ3v) is 3.02. The van der Waals surface area contributed by atoms with Gasteiger partial charge in [0.05, 0.1) is 6.42 Å². The van der Waals surface area contributed by atoms with Gasteiger partial charge in [0.15, 0.2) is 6.10 Å². The maximum Gasteiger partial charge on any atom is 0.305 e. The van der Waals surface area contributed by atoms with Crippen molar-refractivity contribution in [2.45, 2.75) is 45.6 Å². The second-order valence-corrected chi connectivity index (χ2v) is 5.97. The lowest BCUT2D eigenvalue weighted by Crippen LogP contribution is -2.37. The minimum Gasteiger partial charge on any atom is -0.481 e. The monoisotopic (exact) mass is 293 g/mol. The molecule has 0 heterocycles. The van der Waals surface area contributed by atoms with Crippen LogP contribution in [0.3, 0.4) is 0 Å². The summed E-state index contributed by atoms with van der Waals surface area (Å²) in [6, 6.07) is 7.63. The molecule has 5 nitrogen and oxygen atoms in total. The summed E-state index contributed by atoms with van der Waals surface area (Å²) in [6.07, 6.45) is -0.771. The molecule has 1 aromatic rings. The molecule has 0 spiro atoms. The number of aliphatic carboxylic acids is 1. The Balaban J connectivity index is 2.60. The first-order valence-corrected chi connectivity index (χ1v) is 6.97. The minimum atomic E-state index is -0.943. The predicted molar refractivity (Wildman–Crippen MR) is 80.5 cm³/mol. The summed E-state index contributed by atoms with van der Waals surface area (Å²) in [5, 5.41) is 11.1. The molecular formula is C16H23NO4. The Morgan fingerprint density at radius 3 is 2.57 bits per heavy atom. The van der Waals surface area contributed by atoms with Crippen LogP contribution < -0.4 is 10.1 Å². The van der Waals surface area contributed by atoms with Crippen LogP contribution in [0.25, 0.3) is 0 Å². The number of carbonyl (C=O) groups excluding carboxylic acids is 1. The fourth-order valence-electron chi connectivity index (χ4n) is 1.73. The van der Waals surface area contributed by atoms with Gasteiger partial charge in [-0.25, -0.2) is 0 Å². The molecule has 0 saturated carbocycles. The first-order valence-electron chi connectivity index (χ1n) is 6.97. The second kappa shape index (κ2) is 7.11. The molecule has 0 saturated heterocycles. The van der Waals surface area contributed by atoms with E-state index in [1.807, 2.05) is 18.2 Å². The second-order valence-electron chi connectivity index (χ2n) is 5.97. The summed E-state index contributed by atoms with van der Waals surface area (Å²) in [5.41, 5.74) is 1.13. The Morgan fingerprint density at radius 2 is 2.00 bits per heavy atom. The maximum absolute atomic E-state index is 11.8. The van der Waals surface area contributed by atoms with E-state index in [2.05, 4.69) is 26.1 Å². The van der Waals surface area contributed by atoms with Gasteiger partial charge in [-0.1, -0.05) is 32.9 Å². The Labute approximate surface area is 125 Å². The highest BCUT2D eigenvalue weighted by Crippen LogP contribution is 2.26. The van der Waals surface area contributed by atoms with Crippen molar-refractivity contribution in [2.24, 2.45) is 0 Å². The molecule has 0 radical (unpaired) electrons. The number of ether oxygens (including phenoxy) is 1. The van der Waals surface area contributed by atoms with E-state index >= 15 is 0 Å². The summed E-state index contributed by atoms with van der Waals surface area (Å²) in [7, 11) is 0. The number of hydrogen-bond acceptors (Lipinski definition) is 3. The van der Waals surface area contributed by atoms with Crippen LogP contribution in [0.5, 0.6) is 5.75 Å². The van der Waals surface area contributed by atoms with Crippen molar-refractivity contribution in [2.75, 3.05) is 6.54 Å². The highest BCUT2D eigenvalue weighted by molar-refractivity contribution is 5.81. The average Bonchev–Trinajstić information content (AvgIpc) is 2.37. The molecule has 5 heteroatoms. The van der Waals surface area contributed by atoms with Gasteiger partial charge in [-0.2, -0.15) is 0 Å². The molecule has 1 atom stereocenters. The van der Waals surface area contributed by atoms with E-state index in [0.29, 0.717) is 5.75 Å². The molecule has 21 heavy (non-hydrogen) atoms. The van der Waals surface area contributed by atoms with Crippen molar-refractivity contribution in [3.63, 3.8) is 0 Å². The van der Waals surface area contributed by atoms with E-state index in [0.717, 1.165) is 5.56 Å². The first kappa shape index (κ1) is 17.0. The van der Waals surface area contributed by atoms with Gasteiger partial charge in [0, 0.05) is 6.54 Å². The van der Waals surface area contributed by atoms with E-state index in [1.54, 1.807) is 13.0 Å². The Morgan fingerprint density at radius 1 is 1.33 bits per heavy atom. The molecule has 116 valence electrons. The molecule has 0 aliphatic rings. The molecule has 0 aromatic heterocycles. The highest BCUT2D eigenvalue weighted by atomic mass is 16.5. The van der Waals surface area contributed by atoms with E-state index in [1.165, 1.54) is 0 Å². The largest absolute Gasteiger partial charge is 0.481 e. The summed E-state index contributed by atoms with van der Waals surface area (Å²) in [5.74, 6) is -0.637. The summed E-state index contributed by atoms with van der Waals surface area (Å²) in [4.78, 5) is 22.2. The van der Waals surface area contributed by atoms with Gasteiger partial charge >= 0.3 is 5.97 Å². The van der Waals surface area contributed by atoms with Crippen molar-refractivity contribution in [3.05, 3.63) is 29.8 Å². The van der Waals surface area contributed by atoms with Crippen LogP contribution in [0.2, 0.25) is 0 Å². The molecule has 1 aromatic carbocycles. The van der Waals surface area contributed by atoms with Crippen LogP contribution in [0.15, 0.2) is 24.3 Å². The normalized spacial score (nSPS) is 12.6.